The van der Waals surface area contributed by atoms with Crippen LogP contribution in [0.15, 0.2) is 72.8 Å². The summed E-state index contributed by atoms with van der Waals surface area (Å²) in [7, 11) is 3.27. The zero-order valence-corrected chi connectivity index (χ0v) is 18.2. The minimum Gasteiger partial charge on any atom is -0.493 e. The Labute approximate surface area is 183 Å². The topological polar surface area (TPSA) is 38.7 Å². The number of fused-ring (bicyclic) bond motifs is 5. The fourth-order valence-electron chi connectivity index (χ4n) is 4.46. The summed E-state index contributed by atoms with van der Waals surface area (Å²) < 4.78 is 12.2. The highest BCUT2D eigenvalue weighted by atomic mass is 127. The summed E-state index contributed by atoms with van der Waals surface area (Å²) in [4.78, 5) is 0. The average molecular weight is 494 g/mol. The molecular formula is C25H19IO3. The van der Waals surface area contributed by atoms with Crippen molar-refractivity contribution in [3.8, 4) is 22.6 Å². The van der Waals surface area contributed by atoms with Crippen molar-refractivity contribution in [3.05, 3.63) is 93.1 Å². The molecule has 1 N–H and O–H groups in total. The van der Waals surface area contributed by atoms with Crippen LogP contribution >= 0.6 is 22.6 Å². The predicted molar refractivity (Wildman–Crippen MR) is 124 cm³/mol. The van der Waals surface area contributed by atoms with E-state index in [9.17, 15) is 5.11 Å². The van der Waals surface area contributed by atoms with Crippen LogP contribution in [-0.4, -0.2) is 19.3 Å². The SMILES string of the molecule is COc1cc2cc(I)c3c(c2cc1OC)C(O)(c1ccccc1)c1ccccc1-3. The van der Waals surface area contributed by atoms with Crippen LogP contribution in [0.5, 0.6) is 11.5 Å². The normalized spacial score (nSPS) is 17.1. The summed E-state index contributed by atoms with van der Waals surface area (Å²) >= 11 is 2.37. The maximum Gasteiger partial charge on any atom is 0.161 e. The van der Waals surface area contributed by atoms with E-state index >= 15 is 0 Å². The van der Waals surface area contributed by atoms with Gasteiger partial charge in [-0.15, -0.1) is 0 Å². The molecule has 3 nitrogen and oxygen atoms in total. The van der Waals surface area contributed by atoms with Gasteiger partial charge in [0.2, 0.25) is 0 Å². The zero-order chi connectivity index (χ0) is 20.2. The Kier molecular flexibility index (Phi) is 4.29. The second kappa shape index (κ2) is 6.75. The van der Waals surface area contributed by atoms with Crippen molar-refractivity contribution in [2.45, 2.75) is 5.60 Å². The minimum absolute atomic E-state index is 0.648. The molecule has 0 heterocycles. The Morgan fingerprint density at radius 3 is 2.21 bits per heavy atom. The van der Waals surface area contributed by atoms with Gasteiger partial charge in [-0.2, -0.15) is 0 Å². The molecule has 0 saturated heterocycles. The van der Waals surface area contributed by atoms with Gasteiger partial charge in [0.1, 0.15) is 5.60 Å². The highest BCUT2D eigenvalue weighted by Gasteiger charge is 2.45. The standard InChI is InChI=1S/C25H19IO3/c1-28-21-13-15-12-20(26)23-17-10-6-7-11-19(17)25(27,16-8-4-3-5-9-16)24(23)18(15)14-22(21)29-2/h3-14,27H,1-2H3. The Bertz CT molecular complexity index is 1250. The molecule has 0 bridgehead atoms. The van der Waals surface area contributed by atoms with Crippen LogP contribution in [0.4, 0.5) is 0 Å². The second-order valence-corrected chi connectivity index (χ2v) is 8.32. The first-order valence-electron chi connectivity index (χ1n) is 9.36. The van der Waals surface area contributed by atoms with Crippen molar-refractivity contribution >= 4 is 33.4 Å². The van der Waals surface area contributed by atoms with Crippen LogP contribution < -0.4 is 9.47 Å². The van der Waals surface area contributed by atoms with Crippen LogP contribution in [0.3, 0.4) is 0 Å². The third kappa shape index (κ3) is 2.52. The van der Waals surface area contributed by atoms with Crippen molar-refractivity contribution < 1.29 is 14.6 Å². The van der Waals surface area contributed by atoms with E-state index in [0.717, 1.165) is 42.2 Å². The third-order valence-corrected chi connectivity index (χ3v) is 6.59. The van der Waals surface area contributed by atoms with Gasteiger partial charge in [0, 0.05) is 20.3 Å². The molecule has 0 aliphatic heterocycles. The van der Waals surface area contributed by atoms with Crippen LogP contribution in [0.2, 0.25) is 0 Å². The molecule has 5 rings (SSSR count). The molecule has 29 heavy (non-hydrogen) atoms. The van der Waals surface area contributed by atoms with E-state index in [2.05, 4.69) is 34.7 Å². The lowest BCUT2D eigenvalue weighted by molar-refractivity contribution is 0.132. The number of methoxy groups -OCH3 is 2. The monoisotopic (exact) mass is 494 g/mol. The largest absolute Gasteiger partial charge is 0.493 e. The molecule has 0 saturated carbocycles. The molecule has 1 aliphatic rings. The fourth-order valence-corrected chi connectivity index (χ4v) is 5.36. The second-order valence-electron chi connectivity index (χ2n) is 7.16. The first-order chi connectivity index (χ1) is 14.1. The Morgan fingerprint density at radius 2 is 1.48 bits per heavy atom. The van der Waals surface area contributed by atoms with Gasteiger partial charge in [-0.25, -0.2) is 0 Å². The van der Waals surface area contributed by atoms with Gasteiger partial charge < -0.3 is 14.6 Å². The molecule has 4 aromatic carbocycles. The van der Waals surface area contributed by atoms with E-state index in [-0.39, 0.29) is 0 Å². The van der Waals surface area contributed by atoms with Gasteiger partial charge in [-0.3, -0.25) is 0 Å². The smallest absolute Gasteiger partial charge is 0.161 e. The summed E-state index contributed by atoms with van der Waals surface area (Å²) in [6, 6.07) is 24.1. The molecule has 1 atom stereocenters. The molecule has 144 valence electrons. The number of aliphatic hydroxyl groups is 1. The third-order valence-electron chi connectivity index (χ3n) is 5.74. The van der Waals surface area contributed by atoms with E-state index in [1.165, 1.54) is 0 Å². The molecule has 0 spiro atoms. The molecule has 4 aromatic rings. The van der Waals surface area contributed by atoms with Gasteiger partial charge in [0.15, 0.2) is 11.5 Å². The van der Waals surface area contributed by atoms with E-state index in [0.29, 0.717) is 11.5 Å². The predicted octanol–water partition coefficient (Wildman–Crippen LogP) is 5.73. The van der Waals surface area contributed by atoms with Gasteiger partial charge in [-0.1, -0.05) is 54.6 Å². The van der Waals surface area contributed by atoms with Crippen LogP contribution in [-0.2, 0) is 5.60 Å². The molecule has 0 aromatic heterocycles. The quantitative estimate of drug-likeness (QED) is 0.370. The zero-order valence-electron chi connectivity index (χ0n) is 16.1. The molecule has 1 unspecified atom stereocenters. The molecule has 0 amide bonds. The van der Waals surface area contributed by atoms with E-state index < -0.39 is 5.60 Å². The summed E-state index contributed by atoms with van der Waals surface area (Å²) in [5, 5.41) is 14.3. The number of ether oxygens (including phenoxy) is 2. The number of hydrogen-bond donors (Lipinski definition) is 1. The lowest BCUT2D eigenvalue weighted by Crippen LogP contribution is -2.26. The van der Waals surface area contributed by atoms with Crippen LogP contribution in [0.1, 0.15) is 16.7 Å². The maximum atomic E-state index is 12.3. The van der Waals surface area contributed by atoms with Gasteiger partial charge in [0.25, 0.3) is 0 Å². The summed E-state index contributed by atoms with van der Waals surface area (Å²) in [5.74, 6) is 1.32. The number of halogens is 1. The summed E-state index contributed by atoms with van der Waals surface area (Å²) in [6.45, 7) is 0. The molecule has 4 heteroatoms. The molecule has 0 radical (unpaired) electrons. The van der Waals surface area contributed by atoms with Crippen molar-refractivity contribution in [3.63, 3.8) is 0 Å². The van der Waals surface area contributed by atoms with Gasteiger partial charge in [0.05, 0.1) is 14.2 Å². The van der Waals surface area contributed by atoms with Crippen LogP contribution in [0, 0.1) is 3.57 Å². The molecule has 0 fully saturated rings. The summed E-state index contributed by atoms with van der Waals surface area (Å²) in [6.07, 6.45) is 0. The number of hydrogen-bond acceptors (Lipinski definition) is 3. The highest BCUT2D eigenvalue weighted by Crippen LogP contribution is 2.55. The fraction of sp³-hybridized carbons (Fsp3) is 0.120. The Morgan fingerprint density at radius 1 is 0.828 bits per heavy atom. The van der Waals surface area contributed by atoms with Crippen molar-refractivity contribution in [1.82, 2.24) is 0 Å². The average Bonchev–Trinajstić information content (AvgIpc) is 3.04. The van der Waals surface area contributed by atoms with E-state index in [4.69, 9.17) is 9.47 Å². The van der Waals surface area contributed by atoms with E-state index in [1.807, 2.05) is 60.7 Å². The lowest BCUT2D eigenvalue weighted by atomic mass is 9.82. The first kappa shape index (κ1) is 18.5. The maximum absolute atomic E-state index is 12.3. The van der Waals surface area contributed by atoms with E-state index in [1.54, 1.807) is 14.2 Å². The van der Waals surface area contributed by atoms with Gasteiger partial charge >= 0.3 is 0 Å². The van der Waals surface area contributed by atoms with Crippen LogP contribution in [0.25, 0.3) is 21.9 Å². The van der Waals surface area contributed by atoms with Gasteiger partial charge in [-0.05, 0) is 62.7 Å². The highest BCUT2D eigenvalue weighted by molar-refractivity contribution is 14.1. The Balaban J connectivity index is 1.97. The Hall–Kier alpha value is -2.57. The summed E-state index contributed by atoms with van der Waals surface area (Å²) in [5.41, 5.74) is 3.55. The number of rotatable bonds is 3. The molecular weight excluding hydrogens is 475 g/mol. The molecule has 1 aliphatic carbocycles. The lowest BCUT2D eigenvalue weighted by Gasteiger charge is -2.28. The van der Waals surface area contributed by atoms with Crippen molar-refractivity contribution in [1.29, 1.82) is 0 Å². The van der Waals surface area contributed by atoms with Crippen molar-refractivity contribution in [2.24, 2.45) is 0 Å². The first-order valence-corrected chi connectivity index (χ1v) is 10.4. The minimum atomic E-state index is -1.24. The number of benzene rings is 4. The van der Waals surface area contributed by atoms with Crippen molar-refractivity contribution in [2.75, 3.05) is 14.2 Å².